The number of aromatic nitrogens is 2. The second kappa shape index (κ2) is 35.3. The van der Waals surface area contributed by atoms with Crippen molar-refractivity contribution >= 4 is 18.3 Å². The number of nitrogens with one attached hydrogen (secondary N) is 1. The van der Waals surface area contributed by atoms with E-state index in [0.717, 1.165) is 6.34 Å². The van der Waals surface area contributed by atoms with E-state index in [1.54, 1.807) is 27.7 Å². The van der Waals surface area contributed by atoms with Crippen molar-refractivity contribution < 1.29 is 81.8 Å². The predicted molar refractivity (Wildman–Crippen MR) is 137 cm³/mol. The molecule has 220 valence electrons. The van der Waals surface area contributed by atoms with Crippen molar-refractivity contribution in [3.8, 4) is 5.88 Å². The van der Waals surface area contributed by atoms with Crippen LogP contribution < -0.4 is 63.8 Å². The molecule has 0 saturated heterocycles. The summed E-state index contributed by atoms with van der Waals surface area (Å²) in [6, 6.07) is 0. The predicted octanol–water partition coefficient (Wildman–Crippen LogP) is -6.45. The van der Waals surface area contributed by atoms with Gasteiger partial charge in [0.05, 0.1) is 25.1 Å². The molecule has 14 heteroatoms. The van der Waals surface area contributed by atoms with Gasteiger partial charge in [-0.25, -0.2) is 4.98 Å². The zero-order valence-electron chi connectivity index (χ0n) is 24.5. The SMILES string of the molecule is CC(C)Cc1c(O)nc[nH]c1=O.CCO.CCOC(=O)C(CC(C)C)C(=O)OCC.CC[O-].NC=[NH2+].[Cl-].[Na+]. The fourth-order valence-electron chi connectivity index (χ4n) is 2.26. The van der Waals surface area contributed by atoms with Gasteiger partial charge in [0.2, 0.25) is 12.2 Å². The van der Waals surface area contributed by atoms with Crippen LogP contribution in [0.3, 0.4) is 0 Å². The average Bonchev–Trinajstić information content (AvgIpc) is 2.77. The van der Waals surface area contributed by atoms with Gasteiger partial charge in [-0.15, -0.1) is 6.61 Å². The molecule has 0 aliphatic heterocycles. The Morgan fingerprint density at radius 3 is 1.74 bits per heavy atom. The van der Waals surface area contributed by atoms with Crippen LogP contribution in [0.25, 0.3) is 0 Å². The van der Waals surface area contributed by atoms with E-state index in [2.05, 4.69) is 21.1 Å². The third-order valence-electron chi connectivity index (χ3n) is 3.39. The van der Waals surface area contributed by atoms with Crippen molar-refractivity contribution in [3.05, 3.63) is 22.2 Å². The number of nitrogens with zero attached hydrogens (tertiary/aromatic N) is 1. The Bertz CT molecular complexity index is 718. The van der Waals surface area contributed by atoms with E-state index >= 15 is 0 Å². The molecule has 0 atom stereocenters. The number of aliphatic hydroxyl groups is 1. The zero-order valence-corrected chi connectivity index (χ0v) is 27.2. The molecule has 0 bridgehead atoms. The monoisotopic (exact) mass is 578 g/mol. The molecule has 0 aliphatic carbocycles. The number of hydrogen-bond donors (Lipinski definition) is 5. The fourth-order valence-corrected chi connectivity index (χ4v) is 2.26. The number of nitrogens with two attached hydrogens (primary N) is 2. The van der Waals surface area contributed by atoms with Crippen molar-refractivity contribution in [2.24, 2.45) is 23.5 Å². The Balaban J connectivity index is -0.0000000993. The van der Waals surface area contributed by atoms with Crippen molar-refractivity contribution in [1.82, 2.24) is 9.97 Å². The summed E-state index contributed by atoms with van der Waals surface area (Å²) in [6.07, 6.45) is 3.22. The minimum absolute atomic E-state index is 0. The van der Waals surface area contributed by atoms with Crippen LogP contribution in [0, 0.1) is 17.8 Å². The molecular formula is C24H48ClN4NaO8. The van der Waals surface area contributed by atoms with E-state index in [1.165, 1.54) is 6.33 Å². The van der Waals surface area contributed by atoms with E-state index in [4.69, 9.17) is 19.7 Å². The Kier molecular flexibility index (Phi) is 45.8. The number of hydrogen-bond acceptors (Lipinski definition) is 9. The van der Waals surface area contributed by atoms with Gasteiger partial charge in [-0.05, 0) is 45.4 Å². The summed E-state index contributed by atoms with van der Waals surface area (Å²) in [5, 5.41) is 30.2. The Morgan fingerprint density at radius 1 is 1.11 bits per heavy atom. The van der Waals surface area contributed by atoms with Crippen LogP contribution in [0.15, 0.2) is 11.1 Å². The summed E-state index contributed by atoms with van der Waals surface area (Å²) < 4.78 is 9.67. The maximum atomic E-state index is 11.5. The molecule has 0 spiro atoms. The molecule has 12 nitrogen and oxygen atoms in total. The molecule has 1 heterocycles. The number of carbonyl (C=O) groups excluding carboxylic acids is 2. The summed E-state index contributed by atoms with van der Waals surface area (Å²) in [5.74, 6) is -1.31. The third kappa shape index (κ3) is 32.3. The molecule has 1 aromatic heterocycles. The first-order chi connectivity index (χ1) is 16.9. The number of esters is 2. The van der Waals surface area contributed by atoms with Crippen molar-refractivity contribution in [3.63, 3.8) is 0 Å². The molecule has 0 aliphatic rings. The average molecular weight is 579 g/mol. The number of aliphatic hydroxyl groups excluding tert-OH is 1. The second-order valence-corrected chi connectivity index (χ2v) is 7.62. The summed E-state index contributed by atoms with van der Waals surface area (Å²) >= 11 is 0. The van der Waals surface area contributed by atoms with Gasteiger partial charge >= 0.3 is 41.5 Å². The summed E-state index contributed by atoms with van der Waals surface area (Å²) in [5.41, 5.74) is 4.61. The number of aromatic hydroxyl groups is 1. The van der Waals surface area contributed by atoms with Crippen LogP contribution in [-0.4, -0.2) is 64.9 Å². The van der Waals surface area contributed by atoms with Gasteiger partial charge < -0.3 is 42.2 Å². The van der Waals surface area contributed by atoms with Crippen LogP contribution in [0.1, 0.15) is 67.4 Å². The minimum Gasteiger partial charge on any atom is -1.00 e. The normalized spacial score (nSPS) is 8.76. The molecule has 0 aromatic carbocycles. The fraction of sp³-hybridized carbons (Fsp3) is 0.708. The maximum absolute atomic E-state index is 11.5. The van der Waals surface area contributed by atoms with Crippen LogP contribution in [0.4, 0.5) is 0 Å². The number of H-pyrrole nitrogens is 1. The Labute approximate surface area is 255 Å². The molecule has 1 rings (SSSR count). The first-order valence-electron chi connectivity index (χ1n) is 11.9. The van der Waals surface area contributed by atoms with Gasteiger partial charge in [0.1, 0.15) is 0 Å². The van der Waals surface area contributed by atoms with Gasteiger partial charge in [-0.3, -0.25) is 25.5 Å². The topological polar surface area (TPSA) is 213 Å². The minimum atomic E-state index is -0.773. The van der Waals surface area contributed by atoms with E-state index in [1.807, 2.05) is 27.7 Å². The van der Waals surface area contributed by atoms with Crippen LogP contribution in [0.2, 0.25) is 0 Å². The summed E-state index contributed by atoms with van der Waals surface area (Å²) in [7, 11) is 0. The van der Waals surface area contributed by atoms with E-state index in [9.17, 15) is 19.5 Å². The van der Waals surface area contributed by atoms with Crippen molar-refractivity contribution in [1.29, 1.82) is 0 Å². The standard InChI is InChI=1S/C11H20O4.C8H12N2O2.C2H6O.C2H5O.CH4N2.ClH.Na/c1-5-14-10(12)9(7-8(3)4)11(13)15-6-2;1-5(2)3-6-7(11)9-4-10-8(6)12;2*1-2-3;2-1-3;;/h8-9H,5-7H2,1-4H3;4-5H,3H2,1-2H3,(H2,9,10,11,12);3H,2H2,1H3;2H2,1H3;1H,(H3,2,3);1H;/q;;;-1;;;+1. The molecule has 38 heavy (non-hydrogen) atoms. The molecule has 1 aromatic rings. The first kappa shape index (κ1) is 49.3. The van der Waals surface area contributed by atoms with Crippen LogP contribution >= 0.6 is 0 Å². The largest absolute Gasteiger partial charge is 1.00 e. The molecule has 0 unspecified atom stereocenters. The smallest absolute Gasteiger partial charge is 1.00 e. The Morgan fingerprint density at radius 2 is 1.47 bits per heavy atom. The van der Waals surface area contributed by atoms with E-state index in [-0.39, 0.29) is 85.7 Å². The summed E-state index contributed by atoms with van der Waals surface area (Å²) in [4.78, 5) is 40.1. The van der Waals surface area contributed by atoms with Crippen LogP contribution in [0.5, 0.6) is 5.88 Å². The molecule has 7 N–H and O–H groups in total. The molecule has 0 fully saturated rings. The first-order valence-corrected chi connectivity index (χ1v) is 11.9. The van der Waals surface area contributed by atoms with Crippen molar-refractivity contribution in [2.75, 3.05) is 26.4 Å². The molecule has 0 amide bonds. The number of halogens is 1. The second-order valence-electron chi connectivity index (χ2n) is 7.62. The number of aromatic amines is 1. The third-order valence-corrected chi connectivity index (χ3v) is 3.39. The van der Waals surface area contributed by atoms with Gasteiger partial charge in [-0.2, -0.15) is 0 Å². The van der Waals surface area contributed by atoms with Crippen LogP contribution in [-0.2, 0) is 25.5 Å². The number of ether oxygens (including phenoxy) is 2. The Hall–Kier alpha value is -1.70. The molecule has 0 saturated carbocycles. The zero-order chi connectivity index (χ0) is 29.1. The van der Waals surface area contributed by atoms with E-state index < -0.39 is 17.9 Å². The van der Waals surface area contributed by atoms with E-state index in [0.29, 0.717) is 24.3 Å². The van der Waals surface area contributed by atoms with Crippen molar-refractivity contribution in [2.45, 2.75) is 68.2 Å². The quantitative estimate of drug-likeness (QED) is 0.0646. The number of carbonyl (C=O) groups is 2. The molecule has 0 radical (unpaired) electrons. The van der Waals surface area contributed by atoms with Gasteiger partial charge in [0, 0.05) is 6.61 Å². The van der Waals surface area contributed by atoms with Gasteiger partial charge in [0.15, 0.2) is 5.92 Å². The summed E-state index contributed by atoms with van der Waals surface area (Å²) in [6.45, 7) is 15.4. The number of rotatable bonds is 8. The molecular weight excluding hydrogens is 531 g/mol. The maximum Gasteiger partial charge on any atom is 1.00 e. The van der Waals surface area contributed by atoms with Gasteiger partial charge in [0.25, 0.3) is 5.56 Å². The van der Waals surface area contributed by atoms with Gasteiger partial charge in [-0.1, -0.05) is 34.6 Å².